The minimum Gasteiger partial charge on any atom is -0.354 e. The maximum Gasteiger partial charge on any atom is 0.240 e. The summed E-state index contributed by atoms with van der Waals surface area (Å²) in [4.78, 5) is 12.6. The molecule has 194 valence electrons. The SMILES string of the molecule is CS(=O)(=O)N(CC(=O)NCCSCc1ccc(Cl)cc1)c1ccc(C23CC4CC(CC(C4)C2)C3)cc1. The van der Waals surface area contributed by atoms with Crippen LogP contribution in [0, 0.1) is 17.8 Å². The van der Waals surface area contributed by atoms with Crippen molar-refractivity contribution < 1.29 is 13.2 Å². The topological polar surface area (TPSA) is 66.5 Å². The Balaban J connectivity index is 1.16. The summed E-state index contributed by atoms with van der Waals surface area (Å²) >= 11 is 7.63. The van der Waals surface area contributed by atoms with Crippen molar-refractivity contribution in [1.29, 1.82) is 0 Å². The van der Waals surface area contributed by atoms with Gasteiger partial charge in [-0.1, -0.05) is 35.9 Å². The number of carbonyl (C=O) groups excluding carboxylic acids is 1. The molecule has 0 aromatic heterocycles. The van der Waals surface area contributed by atoms with E-state index in [-0.39, 0.29) is 17.9 Å². The number of hydrogen-bond donors (Lipinski definition) is 1. The standard InChI is InChI=1S/C28H35ClN2O3S2/c1-36(33,34)31(18-27(32)30-10-11-35-19-20-2-6-25(29)7-3-20)26-8-4-24(5-9-26)28-15-21-12-22(16-28)14-23(13-21)17-28/h2-9,21-23H,10-19H2,1H3,(H,30,32). The zero-order chi connectivity index (χ0) is 25.3. The van der Waals surface area contributed by atoms with Crippen LogP contribution < -0.4 is 9.62 Å². The Kier molecular flexibility index (Phi) is 7.62. The van der Waals surface area contributed by atoms with E-state index in [0.717, 1.165) is 35.5 Å². The van der Waals surface area contributed by atoms with Gasteiger partial charge in [0.25, 0.3) is 0 Å². The molecule has 4 saturated carbocycles. The van der Waals surface area contributed by atoms with Crippen molar-refractivity contribution in [1.82, 2.24) is 5.32 Å². The monoisotopic (exact) mass is 546 g/mol. The van der Waals surface area contributed by atoms with Gasteiger partial charge < -0.3 is 5.32 Å². The third-order valence-corrected chi connectivity index (χ3v) is 10.7. The Labute approximate surface area is 224 Å². The molecule has 4 bridgehead atoms. The van der Waals surface area contributed by atoms with E-state index in [1.54, 1.807) is 11.8 Å². The molecule has 8 heteroatoms. The lowest BCUT2D eigenvalue weighted by atomic mass is 9.48. The zero-order valence-electron chi connectivity index (χ0n) is 20.8. The summed E-state index contributed by atoms with van der Waals surface area (Å²) in [5, 5.41) is 3.58. The van der Waals surface area contributed by atoms with Crippen LogP contribution in [-0.4, -0.2) is 39.4 Å². The third kappa shape index (κ3) is 5.89. The number of amides is 1. The molecule has 4 fully saturated rings. The number of sulfonamides is 1. The van der Waals surface area contributed by atoms with Crippen LogP contribution in [0.1, 0.15) is 49.7 Å². The molecule has 2 aromatic rings. The number of thioether (sulfide) groups is 1. The summed E-state index contributed by atoms with van der Waals surface area (Å²) in [5.41, 5.74) is 3.35. The molecule has 0 unspecified atom stereocenters. The minimum atomic E-state index is -3.59. The van der Waals surface area contributed by atoms with E-state index >= 15 is 0 Å². The van der Waals surface area contributed by atoms with Crippen molar-refractivity contribution in [3.8, 4) is 0 Å². The molecule has 0 atom stereocenters. The van der Waals surface area contributed by atoms with Gasteiger partial charge in [-0.3, -0.25) is 9.10 Å². The Morgan fingerprint density at radius 2 is 1.58 bits per heavy atom. The number of nitrogens with zero attached hydrogens (tertiary/aromatic N) is 1. The molecular formula is C28H35ClN2O3S2. The fourth-order valence-corrected chi connectivity index (χ4v) is 8.87. The van der Waals surface area contributed by atoms with Crippen molar-refractivity contribution in [2.45, 2.75) is 49.7 Å². The van der Waals surface area contributed by atoms with Crippen molar-refractivity contribution in [3.63, 3.8) is 0 Å². The molecule has 4 aliphatic rings. The average Bonchev–Trinajstić information content (AvgIpc) is 2.82. The summed E-state index contributed by atoms with van der Waals surface area (Å²) in [6, 6.07) is 15.7. The number of halogens is 1. The van der Waals surface area contributed by atoms with Gasteiger partial charge >= 0.3 is 0 Å². The van der Waals surface area contributed by atoms with Crippen LogP contribution in [0.25, 0.3) is 0 Å². The Hall–Kier alpha value is -1.70. The molecular weight excluding hydrogens is 512 g/mol. The smallest absolute Gasteiger partial charge is 0.240 e. The van der Waals surface area contributed by atoms with Crippen LogP contribution in [0.4, 0.5) is 5.69 Å². The van der Waals surface area contributed by atoms with Crippen LogP contribution in [0.15, 0.2) is 48.5 Å². The van der Waals surface area contributed by atoms with Crippen molar-refractivity contribution in [2.24, 2.45) is 17.8 Å². The Morgan fingerprint density at radius 3 is 2.14 bits per heavy atom. The molecule has 36 heavy (non-hydrogen) atoms. The highest BCUT2D eigenvalue weighted by Crippen LogP contribution is 2.60. The number of nitrogens with one attached hydrogen (secondary N) is 1. The average molecular weight is 547 g/mol. The maximum absolute atomic E-state index is 12.6. The quantitative estimate of drug-likeness (QED) is 0.393. The number of anilines is 1. The van der Waals surface area contributed by atoms with E-state index < -0.39 is 10.0 Å². The van der Waals surface area contributed by atoms with Crippen molar-refractivity contribution >= 4 is 45.0 Å². The fourth-order valence-electron chi connectivity index (χ4n) is 7.07. The molecule has 0 aliphatic heterocycles. The zero-order valence-corrected chi connectivity index (χ0v) is 23.2. The highest BCUT2D eigenvalue weighted by Gasteiger charge is 2.51. The van der Waals surface area contributed by atoms with Gasteiger partial charge in [-0.2, -0.15) is 11.8 Å². The minimum absolute atomic E-state index is 0.211. The normalized spacial score (nSPS) is 26.7. The van der Waals surface area contributed by atoms with Gasteiger partial charge in [0.1, 0.15) is 6.54 Å². The molecule has 1 amide bonds. The van der Waals surface area contributed by atoms with E-state index in [4.69, 9.17) is 11.6 Å². The van der Waals surface area contributed by atoms with E-state index in [9.17, 15) is 13.2 Å². The van der Waals surface area contributed by atoms with E-state index in [0.29, 0.717) is 17.3 Å². The first-order chi connectivity index (χ1) is 17.2. The lowest BCUT2D eigenvalue weighted by Gasteiger charge is -2.57. The Morgan fingerprint density at radius 1 is 1.00 bits per heavy atom. The highest BCUT2D eigenvalue weighted by atomic mass is 35.5. The molecule has 5 nitrogen and oxygen atoms in total. The summed E-state index contributed by atoms with van der Waals surface area (Å²) < 4.78 is 26.3. The highest BCUT2D eigenvalue weighted by molar-refractivity contribution is 7.98. The summed E-state index contributed by atoms with van der Waals surface area (Å²) in [7, 11) is -3.59. The lowest BCUT2D eigenvalue weighted by molar-refractivity contribution is -0.119. The van der Waals surface area contributed by atoms with Crippen LogP contribution in [0.2, 0.25) is 5.02 Å². The largest absolute Gasteiger partial charge is 0.354 e. The van der Waals surface area contributed by atoms with Gasteiger partial charge in [-0.05, 0) is 97.1 Å². The third-order valence-electron chi connectivity index (χ3n) is 8.24. The van der Waals surface area contributed by atoms with Crippen LogP contribution >= 0.6 is 23.4 Å². The van der Waals surface area contributed by atoms with Crippen LogP contribution in [0.3, 0.4) is 0 Å². The molecule has 0 spiro atoms. The van der Waals surface area contributed by atoms with Gasteiger partial charge in [0.15, 0.2) is 0 Å². The van der Waals surface area contributed by atoms with Gasteiger partial charge in [-0.15, -0.1) is 0 Å². The van der Waals surface area contributed by atoms with E-state index in [1.807, 2.05) is 36.4 Å². The lowest BCUT2D eigenvalue weighted by Crippen LogP contribution is -2.48. The first-order valence-corrected chi connectivity index (χ1v) is 16.3. The molecule has 0 saturated heterocycles. The second-order valence-corrected chi connectivity index (χ2v) is 14.5. The van der Waals surface area contributed by atoms with Gasteiger partial charge in [-0.25, -0.2) is 8.42 Å². The summed E-state index contributed by atoms with van der Waals surface area (Å²) in [6.45, 7) is 0.275. The second-order valence-electron chi connectivity index (χ2n) is 11.0. The number of rotatable bonds is 10. The van der Waals surface area contributed by atoms with Gasteiger partial charge in [0, 0.05) is 23.1 Å². The van der Waals surface area contributed by atoms with Crippen LogP contribution in [0.5, 0.6) is 0 Å². The van der Waals surface area contributed by atoms with Gasteiger partial charge in [0.05, 0.1) is 11.9 Å². The molecule has 2 aromatic carbocycles. The Bertz CT molecular complexity index is 1150. The predicted octanol–water partition coefficient (Wildman–Crippen LogP) is 5.62. The molecule has 0 radical (unpaired) electrons. The van der Waals surface area contributed by atoms with E-state index in [2.05, 4.69) is 17.4 Å². The first kappa shape index (κ1) is 25.9. The molecule has 0 heterocycles. The van der Waals surface area contributed by atoms with E-state index in [1.165, 1.54) is 54.0 Å². The number of hydrogen-bond acceptors (Lipinski definition) is 4. The summed E-state index contributed by atoms with van der Waals surface area (Å²) in [5.74, 6) is 3.85. The summed E-state index contributed by atoms with van der Waals surface area (Å²) in [6.07, 6.45) is 9.16. The maximum atomic E-state index is 12.6. The predicted molar refractivity (Wildman–Crippen MR) is 149 cm³/mol. The molecule has 6 rings (SSSR count). The molecule has 1 N–H and O–H groups in total. The van der Waals surface area contributed by atoms with Gasteiger partial charge in [0.2, 0.25) is 15.9 Å². The van der Waals surface area contributed by atoms with Crippen molar-refractivity contribution in [3.05, 3.63) is 64.7 Å². The van der Waals surface area contributed by atoms with Crippen LogP contribution in [-0.2, 0) is 26.0 Å². The molecule has 4 aliphatic carbocycles. The van der Waals surface area contributed by atoms with Crippen molar-refractivity contribution in [2.75, 3.05) is 29.4 Å². The fraction of sp³-hybridized carbons (Fsp3) is 0.536. The second kappa shape index (κ2) is 10.6. The number of carbonyl (C=O) groups is 1. The number of benzene rings is 2. The first-order valence-electron chi connectivity index (χ1n) is 12.9.